The molecule has 174 valence electrons. The quantitative estimate of drug-likeness (QED) is 0.305. The van der Waals surface area contributed by atoms with Crippen LogP contribution in [0.5, 0.6) is 0 Å². The summed E-state index contributed by atoms with van der Waals surface area (Å²) in [5.74, 6) is 4.40. The zero-order valence-corrected chi connectivity index (χ0v) is 20.5. The van der Waals surface area contributed by atoms with E-state index in [1.165, 1.54) is 44.9 Å². The molecule has 0 radical (unpaired) electrons. The lowest BCUT2D eigenvalue weighted by Gasteiger charge is -2.59. The fraction of sp³-hybridized carbons (Fsp3) is 0.926. The molecule has 0 spiro atoms. The SMILES string of the molecule is CC(C)CCC[C@@H](C)[C@H]1CC[C@H]2[C@@H]3CC(N=O)C4=CC(N=O)CC[C@]4(C)[C@H]3CC[C@]12C. The molecule has 4 aliphatic carbocycles. The second kappa shape index (κ2) is 8.71. The van der Waals surface area contributed by atoms with E-state index in [1.807, 2.05) is 6.08 Å². The van der Waals surface area contributed by atoms with Gasteiger partial charge in [0.15, 0.2) is 0 Å². The molecule has 4 rings (SSSR count). The lowest BCUT2D eigenvalue weighted by molar-refractivity contribution is -0.0630. The van der Waals surface area contributed by atoms with Gasteiger partial charge in [-0.1, -0.05) is 70.3 Å². The number of nitroso groups, excluding NO2 is 2. The number of nitrogens with zero attached hydrogens (tertiary/aromatic N) is 2. The highest BCUT2D eigenvalue weighted by Crippen LogP contribution is 2.68. The summed E-state index contributed by atoms with van der Waals surface area (Å²) in [5, 5.41) is 6.92. The Kier molecular flexibility index (Phi) is 6.49. The molecular weight excluding hydrogens is 384 g/mol. The van der Waals surface area contributed by atoms with E-state index >= 15 is 0 Å². The molecule has 4 aliphatic rings. The van der Waals surface area contributed by atoms with Crippen molar-refractivity contribution in [3.8, 4) is 0 Å². The summed E-state index contributed by atoms with van der Waals surface area (Å²) < 4.78 is 0. The Bertz CT molecular complexity index is 718. The summed E-state index contributed by atoms with van der Waals surface area (Å²) in [7, 11) is 0. The Hall–Kier alpha value is -1.06. The Morgan fingerprint density at radius 1 is 0.968 bits per heavy atom. The smallest absolute Gasteiger partial charge is 0.114 e. The van der Waals surface area contributed by atoms with Gasteiger partial charge in [-0.25, -0.2) is 0 Å². The number of fused-ring (bicyclic) bond motifs is 5. The molecule has 3 fully saturated rings. The maximum atomic E-state index is 11.9. The van der Waals surface area contributed by atoms with Crippen LogP contribution < -0.4 is 0 Å². The van der Waals surface area contributed by atoms with Crippen molar-refractivity contribution in [2.24, 2.45) is 56.7 Å². The van der Waals surface area contributed by atoms with E-state index in [-0.39, 0.29) is 17.5 Å². The molecule has 0 saturated heterocycles. The van der Waals surface area contributed by atoms with E-state index in [9.17, 15) is 9.81 Å². The van der Waals surface area contributed by atoms with Crippen LogP contribution in [0.15, 0.2) is 22.0 Å². The molecule has 9 atom stereocenters. The standard InChI is InChI=1S/C27H44N2O2/c1-17(2)7-6-8-18(3)21-9-10-22-20-16-25(29-31)24-15-19(28-30)11-13-27(24,5)23(20)12-14-26(21,22)4/h15,17-23,25H,6-14,16H2,1-5H3/t18-,19?,20+,21-,22+,23+,25?,26-,27-/m1/s1. The molecule has 4 nitrogen and oxygen atoms in total. The second-order valence-corrected chi connectivity index (χ2v) is 12.5. The summed E-state index contributed by atoms with van der Waals surface area (Å²) in [6, 6.07) is -0.513. The van der Waals surface area contributed by atoms with E-state index in [1.54, 1.807) is 0 Å². The summed E-state index contributed by atoms with van der Waals surface area (Å²) in [4.78, 5) is 23.2. The van der Waals surface area contributed by atoms with Crippen molar-refractivity contribution in [3.05, 3.63) is 21.5 Å². The van der Waals surface area contributed by atoms with Crippen LogP contribution in [0.4, 0.5) is 0 Å². The topological polar surface area (TPSA) is 58.9 Å². The second-order valence-electron chi connectivity index (χ2n) is 12.5. The first kappa shape index (κ1) is 23.1. The third-order valence-electron chi connectivity index (χ3n) is 10.6. The van der Waals surface area contributed by atoms with Crippen LogP contribution in [0.1, 0.15) is 98.8 Å². The van der Waals surface area contributed by atoms with Gasteiger partial charge < -0.3 is 0 Å². The molecular formula is C27H44N2O2. The van der Waals surface area contributed by atoms with Gasteiger partial charge in [-0.15, -0.1) is 0 Å². The third kappa shape index (κ3) is 3.84. The average Bonchev–Trinajstić information content (AvgIpc) is 3.09. The molecule has 31 heavy (non-hydrogen) atoms. The van der Waals surface area contributed by atoms with E-state index in [0.29, 0.717) is 17.3 Å². The molecule has 3 saturated carbocycles. The predicted molar refractivity (Wildman–Crippen MR) is 128 cm³/mol. The third-order valence-corrected chi connectivity index (χ3v) is 10.6. The zero-order valence-electron chi connectivity index (χ0n) is 20.5. The first-order chi connectivity index (χ1) is 14.7. The fourth-order valence-corrected chi connectivity index (χ4v) is 8.96. The van der Waals surface area contributed by atoms with Crippen molar-refractivity contribution < 1.29 is 0 Å². The van der Waals surface area contributed by atoms with Crippen LogP contribution in [0.25, 0.3) is 0 Å². The molecule has 0 aromatic carbocycles. The number of rotatable bonds is 7. The fourth-order valence-electron chi connectivity index (χ4n) is 8.96. The van der Waals surface area contributed by atoms with E-state index in [4.69, 9.17) is 0 Å². The first-order valence-electron chi connectivity index (χ1n) is 13.1. The molecule has 0 bridgehead atoms. The van der Waals surface area contributed by atoms with Gasteiger partial charge in [-0.2, -0.15) is 9.81 Å². The maximum absolute atomic E-state index is 11.9. The van der Waals surface area contributed by atoms with Crippen molar-refractivity contribution >= 4 is 0 Å². The van der Waals surface area contributed by atoms with Gasteiger partial charge in [0.25, 0.3) is 0 Å². The highest BCUT2D eigenvalue weighted by Gasteiger charge is 2.61. The van der Waals surface area contributed by atoms with Crippen molar-refractivity contribution in [1.29, 1.82) is 0 Å². The van der Waals surface area contributed by atoms with Gasteiger partial charge >= 0.3 is 0 Å². The number of hydrogen-bond acceptors (Lipinski definition) is 4. The maximum Gasteiger partial charge on any atom is 0.114 e. The molecule has 0 aliphatic heterocycles. The largest absolute Gasteiger partial charge is 0.150 e. The Morgan fingerprint density at radius 3 is 2.42 bits per heavy atom. The van der Waals surface area contributed by atoms with Crippen LogP contribution in [-0.4, -0.2) is 12.1 Å². The van der Waals surface area contributed by atoms with Crippen molar-refractivity contribution in [2.45, 2.75) is 111 Å². The van der Waals surface area contributed by atoms with Gasteiger partial charge in [0, 0.05) is 0 Å². The minimum atomic E-state index is -0.264. The van der Waals surface area contributed by atoms with Gasteiger partial charge in [-0.3, -0.25) is 0 Å². The molecule has 0 amide bonds. The Morgan fingerprint density at radius 2 is 1.74 bits per heavy atom. The molecule has 0 aromatic heterocycles. The molecule has 2 unspecified atom stereocenters. The van der Waals surface area contributed by atoms with Crippen molar-refractivity contribution in [3.63, 3.8) is 0 Å². The van der Waals surface area contributed by atoms with Gasteiger partial charge in [-0.05, 0) is 96.9 Å². The van der Waals surface area contributed by atoms with Crippen LogP contribution in [0.2, 0.25) is 0 Å². The highest BCUT2D eigenvalue weighted by atomic mass is 16.3. The highest BCUT2D eigenvalue weighted by molar-refractivity contribution is 5.31. The van der Waals surface area contributed by atoms with Crippen LogP contribution >= 0.6 is 0 Å². The number of hydrogen-bond donors (Lipinski definition) is 0. The first-order valence-corrected chi connectivity index (χ1v) is 13.1. The molecule has 0 aromatic rings. The lowest BCUT2D eigenvalue weighted by atomic mass is 9.45. The van der Waals surface area contributed by atoms with E-state index in [0.717, 1.165) is 48.5 Å². The predicted octanol–water partition coefficient (Wildman–Crippen LogP) is 7.91. The van der Waals surface area contributed by atoms with Crippen LogP contribution in [0.3, 0.4) is 0 Å². The van der Waals surface area contributed by atoms with Crippen LogP contribution in [-0.2, 0) is 0 Å². The Balaban J connectivity index is 1.56. The molecule has 4 heteroatoms. The van der Waals surface area contributed by atoms with E-state index in [2.05, 4.69) is 45.0 Å². The average molecular weight is 429 g/mol. The van der Waals surface area contributed by atoms with Gasteiger partial charge in [0.1, 0.15) is 12.1 Å². The summed E-state index contributed by atoms with van der Waals surface area (Å²) in [6.45, 7) is 12.1. The summed E-state index contributed by atoms with van der Waals surface area (Å²) in [5.41, 5.74) is 1.61. The molecule has 0 heterocycles. The summed E-state index contributed by atoms with van der Waals surface area (Å²) in [6.07, 6.45) is 14.1. The van der Waals surface area contributed by atoms with Crippen molar-refractivity contribution in [2.75, 3.05) is 0 Å². The lowest BCUT2D eigenvalue weighted by Crippen LogP contribution is -2.54. The van der Waals surface area contributed by atoms with Gasteiger partial charge in [0.2, 0.25) is 0 Å². The monoisotopic (exact) mass is 428 g/mol. The summed E-state index contributed by atoms with van der Waals surface area (Å²) >= 11 is 0. The van der Waals surface area contributed by atoms with Crippen LogP contribution in [0, 0.1) is 56.2 Å². The normalized spacial score (nSPS) is 45.3. The minimum Gasteiger partial charge on any atom is -0.150 e. The Labute approximate surface area is 189 Å². The zero-order chi connectivity index (χ0) is 22.4. The molecule has 0 N–H and O–H groups in total. The van der Waals surface area contributed by atoms with Gasteiger partial charge in [0.05, 0.1) is 0 Å². The van der Waals surface area contributed by atoms with Crippen molar-refractivity contribution in [1.82, 2.24) is 0 Å². The van der Waals surface area contributed by atoms with E-state index < -0.39 is 0 Å². The minimum absolute atomic E-state index is 0.0327.